The Morgan fingerprint density at radius 2 is 1.47 bits per heavy atom. The van der Waals surface area contributed by atoms with Crippen molar-refractivity contribution < 1.29 is 73.4 Å². The molecule has 16 heteroatoms. The van der Waals surface area contributed by atoms with Crippen molar-refractivity contribution in [3.05, 3.63) is 0 Å². The van der Waals surface area contributed by atoms with E-state index < -0.39 is 114 Å². The van der Waals surface area contributed by atoms with Gasteiger partial charge in [0.25, 0.3) is 5.97 Å². The molecule has 3 aliphatic heterocycles. The molecule has 0 aromatic carbocycles. The Bertz CT molecular complexity index is 1260. The SMILES string of the molecule is CC(=O)O.CC[C@H]1OC(=O)[C@H](C)[C@@H](O[C@H]2C[C@@](C)(OC)[C@@H](O)[C@H](C)O2)[C@@H](C)[C@@H](O[C@@H]2O[C@H](C)C[C@H](N(C)C)[C@H]2O)[C@](C)(O)C[C@@H](C)C(=O)[C@H](C)[C@H](O)[C@]1(C)O. The van der Waals surface area contributed by atoms with E-state index in [1.807, 2.05) is 25.9 Å². The molecule has 0 radical (unpaired) electrons. The molecule has 0 aromatic heterocycles. The van der Waals surface area contributed by atoms with Crippen LogP contribution in [-0.4, -0.2) is 159 Å². The van der Waals surface area contributed by atoms with Crippen LogP contribution in [0.25, 0.3) is 0 Å². The van der Waals surface area contributed by atoms with Gasteiger partial charge in [-0.3, -0.25) is 14.4 Å². The summed E-state index contributed by atoms with van der Waals surface area (Å²) in [5.41, 5.74) is -4.84. The number of aliphatic hydroxyl groups is 5. The van der Waals surface area contributed by atoms with Gasteiger partial charge >= 0.3 is 5.97 Å². The number of aliphatic carboxylic acids is 1. The number of cyclic esters (lactones) is 1. The van der Waals surface area contributed by atoms with Gasteiger partial charge in [0, 0.05) is 44.2 Å². The van der Waals surface area contributed by atoms with Crippen LogP contribution in [0.2, 0.25) is 0 Å². The highest BCUT2D eigenvalue weighted by molar-refractivity contribution is 5.83. The maximum absolute atomic E-state index is 14.1. The first-order chi connectivity index (χ1) is 25.2. The van der Waals surface area contributed by atoms with E-state index >= 15 is 0 Å². The number of likely N-dealkylation sites (N-methyl/N-ethyl adjacent to an activating group) is 1. The van der Waals surface area contributed by atoms with E-state index in [9.17, 15) is 35.1 Å². The zero-order valence-electron chi connectivity index (χ0n) is 35.3. The molecule has 0 saturated carbocycles. The highest BCUT2D eigenvalue weighted by Crippen LogP contribution is 2.40. The van der Waals surface area contributed by atoms with E-state index in [0.29, 0.717) is 6.42 Å². The standard InChI is InChI=1S/C37H67NO13.C2H4O2/c1-14-25-37(10,45)30(41)20(4)27(39)18(2)16-35(8,44)32(51-34-28(40)24(38(11)12)15-19(3)47-34)21(5)29(22(6)33(43)49-25)50-26-17-36(9,46-13)31(42)23(7)48-26;1-2(3)4/h18-26,28-32,34,40-42,44-45H,14-17H2,1-13H3;1H3,(H,3,4)/t18-,19-,20+,21-,22-,23+,24+,25-,26+,28-,29+,30+,31+,32-,34+,35-,36-,37-;/m1./s1. The number of hydrogen-bond donors (Lipinski definition) is 6. The minimum absolute atomic E-state index is 0.0936. The molecule has 3 rings (SSSR count). The fourth-order valence-corrected chi connectivity index (χ4v) is 8.41. The first-order valence-electron chi connectivity index (χ1n) is 19.4. The van der Waals surface area contributed by atoms with E-state index in [2.05, 4.69) is 0 Å². The van der Waals surface area contributed by atoms with Crippen LogP contribution in [0.1, 0.15) is 102 Å². The Balaban J connectivity index is 0.00000248. The molecule has 0 bridgehead atoms. The minimum Gasteiger partial charge on any atom is -0.481 e. The molecular formula is C39H71NO15. The highest BCUT2D eigenvalue weighted by atomic mass is 16.7. The minimum atomic E-state index is -1.99. The number of hydrogen-bond acceptors (Lipinski definition) is 15. The summed E-state index contributed by atoms with van der Waals surface area (Å²) < 4.78 is 37.1. The lowest BCUT2D eigenvalue weighted by molar-refractivity contribution is -0.318. The van der Waals surface area contributed by atoms with Gasteiger partial charge in [-0.1, -0.05) is 27.7 Å². The van der Waals surface area contributed by atoms with Gasteiger partial charge < -0.3 is 64.0 Å². The molecular weight excluding hydrogens is 722 g/mol. The van der Waals surface area contributed by atoms with Gasteiger partial charge in [0.1, 0.15) is 29.7 Å². The normalized spacial score (nSPS) is 46.6. The van der Waals surface area contributed by atoms with Crippen LogP contribution in [0.5, 0.6) is 0 Å². The molecule has 0 unspecified atom stereocenters. The van der Waals surface area contributed by atoms with Crippen molar-refractivity contribution in [3.63, 3.8) is 0 Å². The molecule has 3 heterocycles. The van der Waals surface area contributed by atoms with Gasteiger partial charge in [-0.25, -0.2) is 0 Å². The molecule has 0 aromatic rings. The quantitative estimate of drug-likeness (QED) is 0.202. The molecule has 0 aliphatic carbocycles. The first-order valence-corrected chi connectivity index (χ1v) is 19.4. The number of esters is 1. The number of rotatable bonds is 7. The van der Waals surface area contributed by atoms with Crippen molar-refractivity contribution in [2.75, 3.05) is 21.2 Å². The summed E-state index contributed by atoms with van der Waals surface area (Å²) in [6, 6.07) is -0.324. The number of carboxylic acid groups (broad SMARTS) is 1. The number of carbonyl (C=O) groups excluding carboxylic acids is 2. The molecule has 3 aliphatic rings. The number of ketones is 1. The van der Waals surface area contributed by atoms with E-state index in [1.54, 1.807) is 41.5 Å². The zero-order chi connectivity index (χ0) is 42.5. The lowest BCUT2D eigenvalue weighted by atomic mass is 9.74. The predicted molar refractivity (Wildman–Crippen MR) is 200 cm³/mol. The third-order valence-electron chi connectivity index (χ3n) is 11.8. The molecule has 55 heavy (non-hydrogen) atoms. The predicted octanol–water partition coefficient (Wildman–Crippen LogP) is 1.88. The second-order valence-corrected chi connectivity index (χ2v) is 17.0. The molecule has 0 spiro atoms. The third kappa shape index (κ3) is 11.9. The summed E-state index contributed by atoms with van der Waals surface area (Å²) in [4.78, 5) is 38.8. The second kappa shape index (κ2) is 19.7. The van der Waals surface area contributed by atoms with Crippen molar-refractivity contribution in [2.24, 2.45) is 23.7 Å². The number of carbonyl (C=O) groups is 3. The van der Waals surface area contributed by atoms with Gasteiger partial charge in [0.15, 0.2) is 12.6 Å². The largest absolute Gasteiger partial charge is 0.481 e. The summed E-state index contributed by atoms with van der Waals surface area (Å²) in [6.07, 6.45) is -9.71. The highest BCUT2D eigenvalue weighted by Gasteiger charge is 2.53. The molecule has 18 atom stereocenters. The van der Waals surface area contributed by atoms with E-state index in [4.69, 9.17) is 38.3 Å². The smallest absolute Gasteiger partial charge is 0.311 e. The Morgan fingerprint density at radius 1 is 0.909 bits per heavy atom. The molecule has 3 fully saturated rings. The van der Waals surface area contributed by atoms with Crippen LogP contribution in [0.15, 0.2) is 0 Å². The Morgan fingerprint density at radius 3 is 1.98 bits per heavy atom. The monoisotopic (exact) mass is 793 g/mol. The lowest BCUT2D eigenvalue weighted by Gasteiger charge is -2.49. The number of carboxylic acids is 1. The fourth-order valence-electron chi connectivity index (χ4n) is 8.41. The molecule has 3 saturated heterocycles. The van der Waals surface area contributed by atoms with Crippen LogP contribution in [0.4, 0.5) is 0 Å². The van der Waals surface area contributed by atoms with E-state index in [-0.39, 0.29) is 31.4 Å². The summed E-state index contributed by atoms with van der Waals surface area (Å²) >= 11 is 0. The number of Topliss-reactive ketones (excluding diaryl/α,β-unsaturated/α-hetero) is 1. The van der Waals surface area contributed by atoms with Crippen molar-refractivity contribution in [1.29, 1.82) is 0 Å². The summed E-state index contributed by atoms with van der Waals surface area (Å²) in [7, 11) is 5.18. The Hall–Kier alpha value is -1.83. The van der Waals surface area contributed by atoms with Crippen LogP contribution in [-0.2, 0) is 42.8 Å². The maximum Gasteiger partial charge on any atom is 0.311 e. The molecule has 6 N–H and O–H groups in total. The van der Waals surface area contributed by atoms with Crippen molar-refractivity contribution in [3.8, 4) is 0 Å². The van der Waals surface area contributed by atoms with Crippen molar-refractivity contribution >= 4 is 17.7 Å². The third-order valence-corrected chi connectivity index (χ3v) is 11.8. The summed E-state index contributed by atoms with van der Waals surface area (Å²) in [5.74, 6) is -5.81. The molecule has 16 nitrogen and oxygen atoms in total. The number of nitrogens with zero attached hydrogens (tertiary/aromatic N) is 1. The lowest BCUT2D eigenvalue weighted by Crippen LogP contribution is -2.61. The van der Waals surface area contributed by atoms with Crippen LogP contribution < -0.4 is 0 Å². The van der Waals surface area contributed by atoms with Gasteiger partial charge in [-0.15, -0.1) is 0 Å². The van der Waals surface area contributed by atoms with E-state index in [0.717, 1.165) is 6.92 Å². The number of methoxy groups -OCH3 is 1. The molecule has 322 valence electrons. The number of ether oxygens (including phenoxy) is 6. The second-order valence-electron chi connectivity index (χ2n) is 17.0. The first kappa shape index (κ1) is 49.3. The average Bonchev–Trinajstić information content (AvgIpc) is 3.08. The number of aliphatic hydroxyl groups excluding tert-OH is 3. The summed E-state index contributed by atoms with van der Waals surface area (Å²) in [5, 5.41) is 65.0. The zero-order valence-corrected chi connectivity index (χ0v) is 35.3. The average molecular weight is 794 g/mol. The van der Waals surface area contributed by atoms with Gasteiger partial charge in [-0.05, 0) is 74.9 Å². The van der Waals surface area contributed by atoms with Crippen LogP contribution in [0, 0.1) is 23.7 Å². The van der Waals surface area contributed by atoms with E-state index in [1.165, 1.54) is 27.9 Å². The topological polar surface area (TPSA) is 231 Å². The fraction of sp³-hybridized carbons (Fsp3) is 0.923. The van der Waals surface area contributed by atoms with Gasteiger partial charge in [-0.2, -0.15) is 0 Å². The van der Waals surface area contributed by atoms with Gasteiger partial charge in [0.05, 0.1) is 47.6 Å². The van der Waals surface area contributed by atoms with Crippen molar-refractivity contribution in [1.82, 2.24) is 4.90 Å². The van der Waals surface area contributed by atoms with Crippen molar-refractivity contribution in [2.45, 2.75) is 186 Å². The Kier molecular flexibility index (Phi) is 17.7. The molecule has 0 amide bonds. The maximum atomic E-state index is 14.1. The summed E-state index contributed by atoms with van der Waals surface area (Å²) in [6.45, 7) is 17.4. The van der Waals surface area contributed by atoms with Gasteiger partial charge in [0.2, 0.25) is 0 Å². The Labute approximate surface area is 326 Å². The van der Waals surface area contributed by atoms with Crippen LogP contribution >= 0.6 is 0 Å². The van der Waals surface area contributed by atoms with Crippen LogP contribution in [0.3, 0.4) is 0 Å².